The molecule has 3 nitrogen and oxygen atoms in total. The molecule has 0 saturated carbocycles. The van der Waals surface area contributed by atoms with E-state index in [-0.39, 0.29) is 5.56 Å². The van der Waals surface area contributed by atoms with Crippen molar-refractivity contribution in [2.45, 2.75) is 12.1 Å². The maximum Gasteiger partial charge on any atom is 0.261 e. The molecule has 0 spiro atoms. The van der Waals surface area contributed by atoms with Crippen LogP contribution in [0.3, 0.4) is 0 Å². The number of rotatable bonds is 1. The van der Waals surface area contributed by atoms with Gasteiger partial charge in [-0.3, -0.25) is 9.36 Å². The number of para-hydroxylation sites is 1. The van der Waals surface area contributed by atoms with Crippen molar-refractivity contribution in [1.29, 1.82) is 0 Å². The normalized spacial score (nSPS) is 10.9. The van der Waals surface area contributed by atoms with Crippen LogP contribution in [0.2, 0.25) is 0 Å². The van der Waals surface area contributed by atoms with Gasteiger partial charge in [-0.15, -0.1) is 0 Å². The van der Waals surface area contributed by atoms with Gasteiger partial charge in [0.1, 0.15) is 0 Å². The number of aromatic nitrogens is 2. The van der Waals surface area contributed by atoms with Crippen LogP contribution < -0.4 is 5.56 Å². The van der Waals surface area contributed by atoms with Crippen molar-refractivity contribution in [3.8, 4) is 0 Å². The van der Waals surface area contributed by atoms with E-state index in [9.17, 15) is 4.79 Å². The van der Waals surface area contributed by atoms with Gasteiger partial charge in [-0.2, -0.15) is 0 Å². The fourth-order valence-corrected chi connectivity index (χ4v) is 2.14. The van der Waals surface area contributed by atoms with Crippen LogP contribution in [0.15, 0.2) is 28.2 Å². The third kappa shape index (κ3) is 1.55. The molecule has 0 radical (unpaired) electrons. The Hall–Kier alpha value is -1.29. The van der Waals surface area contributed by atoms with E-state index in [1.54, 1.807) is 11.6 Å². The second kappa shape index (κ2) is 3.70. The Bertz CT molecular complexity index is 575. The summed E-state index contributed by atoms with van der Waals surface area (Å²) in [6, 6.07) is 5.68. The van der Waals surface area contributed by atoms with E-state index in [1.165, 1.54) is 11.8 Å². The van der Waals surface area contributed by atoms with Crippen molar-refractivity contribution in [3.63, 3.8) is 0 Å². The van der Waals surface area contributed by atoms with Gasteiger partial charge in [0, 0.05) is 7.05 Å². The average molecular weight is 220 g/mol. The lowest BCUT2D eigenvalue weighted by Crippen LogP contribution is -2.20. The van der Waals surface area contributed by atoms with E-state index in [0.29, 0.717) is 5.39 Å². The number of hydrogen-bond donors (Lipinski definition) is 0. The predicted molar refractivity (Wildman–Crippen MR) is 63.5 cm³/mol. The lowest BCUT2D eigenvalue weighted by molar-refractivity contribution is 0.727. The third-order valence-corrected chi connectivity index (χ3v) is 3.18. The summed E-state index contributed by atoms with van der Waals surface area (Å²) in [4.78, 5) is 16.4. The molecule has 0 unspecified atom stereocenters. The molecule has 78 valence electrons. The molecule has 1 aromatic carbocycles. The first-order valence-electron chi connectivity index (χ1n) is 4.65. The standard InChI is InChI=1S/C11H12N2OS/c1-7-5-4-6-8-9(7)12-11(15-3)13(2)10(8)14/h4-6H,1-3H3. The SMILES string of the molecule is CSc1nc2c(C)cccc2c(=O)n1C. The van der Waals surface area contributed by atoms with Gasteiger partial charge in [-0.1, -0.05) is 23.9 Å². The van der Waals surface area contributed by atoms with Crippen LogP contribution in [0.5, 0.6) is 0 Å². The molecule has 2 rings (SSSR count). The van der Waals surface area contributed by atoms with Crippen molar-refractivity contribution in [3.05, 3.63) is 34.1 Å². The summed E-state index contributed by atoms with van der Waals surface area (Å²) in [6.45, 7) is 1.97. The van der Waals surface area contributed by atoms with Crippen LogP contribution in [0, 0.1) is 6.92 Å². The molecule has 1 heterocycles. The van der Waals surface area contributed by atoms with Crippen LogP contribution >= 0.6 is 11.8 Å². The van der Waals surface area contributed by atoms with Crippen molar-refractivity contribution in [2.75, 3.05) is 6.26 Å². The fraction of sp³-hybridized carbons (Fsp3) is 0.273. The van der Waals surface area contributed by atoms with Gasteiger partial charge in [0.15, 0.2) is 5.16 Å². The Balaban J connectivity index is 2.98. The summed E-state index contributed by atoms with van der Waals surface area (Å²) in [5, 5.41) is 1.44. The minimum atomic E-state index is 0.0213. The zero-order valence-corrected chi connectivity index (χ0v) is 9.76. The first-order chi connectivity index (χ1) is 7.15. The van der Waals surface area contributed by atoms with Crippen molar-refractivity contribution >= 4 is 22.7 Å². The molecule has 4 heteroatoms. The van der Waals surface area contributed by atoms with Gasteiger partial charge in [-0.05, 0) is 24.8 Å². The van der Waals surface area contributed by atoms with E-state index in [4.69, 9.17) is 0 Å². The van der Waals surface area contributed by atoms with Crippen LogP contribution in [0.4, 0.5) is 0 Å². The number of nitrogens with zero attached hydrogens (tertiary/aromatic N) is 2. The van der Waals surface area contributed by atoms with E-state index in [2.05, 4.69) is 4.98 Å². The average Bonchev–Trinajstić information content (AvgIpc) is 2.24. The van der Waals surface area contributed by atoms with Crippen molar-refractivity contribution in [1.82, 2.24) is 9.55 Å². The molecule has 0 fully saturated rings. The summed E-state index contributed by atoms with van der Waals surface area (Å²) in [6.07, 6.45) is 1.92. The first kappa shape index (κ1) is 10.2. The largest absolute Gasteiger partial charge is 0.290 e. The first-order valence-corrected chi connectivity index (χ1v) is 5.88. The summed E-state index contributed by atoms with van der Waals surface area (Å²) >= 11 is 1.48. The number of aryl methyl sites for hydroxylation is 1. The maximum atomic E-state index is 12.0. The van der Waals surface area contributed by atoms with Crippen LogP contribution in [0.1, 0.15) is 5.56 Å². The van der Waals surface area contributed by atoms with E-state index >= 15 is 0 Å². The summed E-state index contributed by atoms with van der Waals surface area (Å²) in [7, 11) is 1.75. The Kier molecular flexibility index (Phi) is 2.52. The van der Waals surface area contributed by atoms with Gasteiger partial charge in [0.2, 0.25) is 0 Å². The van der Waals surface area contributed by atoms with Crippen molar-refractivity contribution in [2.24, 2.45) is 7.05 Å². The van der Waals surface area contributed by atoms with Gasteiger partial charge < -0.3 is 0 Å². The zero-order valence-electron chi connectivity index (χ0n) is 8.94. The quantitative estimate of drug-likeness (QED) is 0.544. The number of benzene rings is 1. The number of hydrogen-bond acceptors (Lipinski definition) is 3. The van der Waals surface area contributed by atoms with E-state index in [0.717, 1.165) is 16.2 Å². The van der Waals surface area contributed by atoms with Crippen LogP contribution in [-0.4, -0.2) is 15.8 Å². The van der Waals surface area contributed by atoms with E-state index in [1.807, 2.05) is 31.4 Å². The second-order valence-electron chi connectivity index (χ2n) is 3.43. The number of fused-ring (bicyclic) bond motifs is 1. The Morgan fingerprint density at radius 1 is 1.40 bits per heavy atom. The summed E-state index contributed by atoms with van der Waals surface area (Å²) in [5.74, 6) is 0. The minimum Gasteiger partial charge on any atom is -0.290 e. The Morgan fingerprint density at radius 2 is 2.13 bits per heavy atom. The molecule has 15 heavy (non-hydrogen) atoms. The predicted octanol–water partition coefficient (Wildman–Crippen LogP) is 1.96. The molecular formula is C11H12N2OS. The van der Waals surface area contributed by atoms with Crippen LogP contribution in [0.25, 0.3) is 10.9 Å². The van der Waals surface area contributed by atoms with Crippen LogP contribution in [-0.2, 0) is 7.05 Å². The van der Waals surface area contributed by atoms with Gasteiger partial charge in [0.25, 0.3) is 5.56 Å². The minimum absolute atomic E-state index is 0.0213. The zero-order chi connectivity index (χ0) is 11.0. The number of thioether (sulfide) groups is 1. The molecule has 1 aromatic heterocycles. The fourth-order valence-electron chi connectivity index (χ4n) is 1.60. The molecule has 0 aliphatic heterocycles. The molecule has 0 bridgehead atoms. The highest BCUT2D eigenvalue weighted by Crippen LogP contribution is 2.16. The molecule has 0 amide bonds. The van der Waals surface area contributed by atoms with Gasteiger partial charge in [0.05, 0.1) is 10.9 Å². The molecule has 0 N–H and O–H groups in total. The summed E-state index contributed by atoms with van der Waals surface area (Å²) in [5.41, 5.74) is 1.87. The highest BCUT2D eigenvalue weighted by molar-refractivity contribution is 7.98. The molecular weight excluding hydrogens is 208 g/mol. The Morgan fingerprint density at radius 3 is 2.80 bits per heavy atom. The molecule has 0 atom stereocenters. The smallest absolute Gasteiger partial charge is 0.261 e. The monoisotopic (exact) mass is 220 g/mol. The molecule has 0 saturated heterocycles. The van der Waals surface area contributed by atoms with Crippen molar-refractivity contribution < 1.29 is 0 Å². The Labute approximate surface area is 92.1 Å². The highest BCUT2D eigenvalue weighted by Gasteiger charge is 2.08. The third-order valence-electron chi connectivity index (χ3n) is 2.45. The van der Waals surface area contributed by atoms with E-state index < -0.39 is 0 Å². The lowest BCUT2D eigenvalue weighted by atomic mass is 10.1. The lowest BCUT2D eigenvalue weighted by Gasteiger charge is -2.07. The molecule has 0 aliphatic rings. The van der Waals surface area contributed by atoms with Gasteiger partial charge >= 0.3 is 0 Å². The molecule has 0 aliphatic carbocycles. The van der Waals surface area contributed by atoms with Gasteiger partial charge in [-0.25, -0.2) is 4.98 Å². The highest BCUT2D eigenvalue weighted by atomic mass is 32.2. The maximum absolute atomic E-state index is 12.0. The molecule has 2 aromatic rings. The summed E-state index contributed by atoms with van der Waals surface area (Å²) < 4.78 is 1.59. The second-order valence-corrected chi connectivity index (χ2v) is 4.21. The topological polar surface area (TPSA) is 34.9 Å².